The Bertz CT molecular complexity index is 693. The molecule has 6 heteroatoms. The highest BCUT2D eigenvalue weighted by atomic mass is 32.2. The van der Waals surface area contributed by atoms with Crippen molar-refractivity contribution in [2.45, 2.75) is 17.9 Å². The number of para-hydroxylation sites is 1. The van der Waals surface area contributed by atoms with Crippen molar-refractivity contribution in [3.05, 3.63) is 54.4 Å². The van der Waals surface area contributed by atoms with Crippen LogP contribution in [0.3, 0.4) is 0 Å². The molecule has 0 unspecified atom stereocenters. The average Bonchev–Trinajstić information content (AvgIpc) is 2.89. The third kappa shape index (κ3) is 5.17. The number of thioether (sulfide) groups is 1. The molecule has 2 aromatic rings. The average molecular weight is 373 g/mol. The maximum Gasteiger partial charge on any atom is 0.173 e. The van der Waals surface area contributed by atoms with Crippen LogP contribution in [0.1, 0.15) is 12.0 Å². The van der Waals surface area contributed by atoms with Gasteiger partial charge in [0.15, 0.2) is 5.11 Å². The Kier molecular flexibility index (Phi) is 6.67. The van der Waals surface area contributed by atoms with E-state index >= 15 is 0 Å². The zero-order chi connectivity index (χ0) is 17.5. The Morgan fingerprint density at radius 2 is 2.04 bits per heavy atom. The minimum atomic E-state index is 0.824. The number of hydrogen-bond donors (Lipinski definition) is 1. The summed E-state index contributed by atoms with van der Waals surface area (Å²) in [5.74, 6) is 0. The predicted molar refractivity (Wildman–Crippen MR) is 110 cm³/mol. The van der Waals surface area contributed by atoms with E-state index in [9.17, 15) is 0 Å². The molecule has 0 atom stereocenters. The lowest BCUT2D eigenvalue weighted by atomic mass is 10.2. The Hall–Kier alpha value is -1.63. The van der Waals surface area contributed by atoms with Crippen molar-refractivity contribution in [2.24, 2.45) is 0 Å². The molecule has 0 radical (unpaired) electrons. The van der Waals surface area contributed by atoms with Gasteiger partial charge in [0.25, 0.3) is 0 Å². The highest BCUT2D eigenvalue weighted by Gasteiger charge is 2.17. The summed E-state index contributed by atoms with van der Waals surface area (Å²) in [5, 5.41) is 4.26. The van der Waals surface area contributed by atoms with Gasteiger partial charge in [0.1, 0.15) is 0 Å². The Morgan fingerprint density at radius 1 is 1.16 bits per heavy atom. The van der Waals surface area contributed by atoms with Crippen molar-refractivity contribution >= 4 is 34.8 Å². The number of benzene rings is 1. The number of pyridine rings is 1. The Balaban J connectivity index is 1.56. The van der Waals surface area contributed by atoms with Crippen LogP contribution in [0.25, 0.3) is 0 Å². The SMILES string of the molecule is CSc1ccccc1NC(=S)N1CCCN(Cc2cccnc2)CC1. The molecule has 1 aromatic heterocycles. The van der Waals surface area contributed by atoms with Crippen LogP contribution in [0.2, 0.25) is 0 Å². The van der Waals surface area contributed by atoms with Crippen molar-refractivity contribution < 1.29 is 0 Å². The second-order valence-electron chi connectivity index (χ2n) is 6.11. The van der Waals surface area contributed by atoms with Crippen LogP contribution in [0.4, 0.5) is 5.69 Å². The van der Waals surface area contributed by atoms with Crippen LogP contribution in [-0.4, -0.2) is 52.3 Å². The number of aromatic nitrogens is 1. The van der Waals surface area contributed by atoms with Crippen molar-refractivity contribution in [3.8, 4) is 0 Å². The molecule has 0 bridgehead atoms. The summed E-state index contributed by atoms with van der Waals surface area (Å²) >= 11 is 7.40. The molecule has 1 fully saturated rings. The lowest BCUT2D eigenvalue weighted by Crippen LogP contribution is -2.37. The third-order valence-electron chi connectivity index (χ3n) is 4.35. The molecule has 0 saturated carbocycles. The molecular weight excluding hydrogens is 348 g/mol. The van der Waals surface area contributed by atoms with Gasteiger partial charge >= 0.3 is 0 Å². The van der Waals surface area contributed by atoms with Gasteiger partial charge in [0.2, 0.25) is 0 Å². The smallest absolute Gasteiger partial charge is 0.173 e. The van der Waals surface area contributed by atoms with E-state index in [1.165, 1.54) is 10.5 Å². The molecule has 4 nitrogen and oxygen atoms in total. The first kappa shape index (κ1) is 18.2. The van der Waals surface area contributed by atoms with E-state index in [1.807, 2.05) is 24.5 Å². The number of rotatable bonds is 4. The van der Waals surface area contributed by atoms with E-state index in [1.54, 1.807) is 11.8 Å². The molecule has 1 aromatic carbocycles. The summed E-state index contributed by atoms with van der Waals surface area (Å²) < 4.78 is 0. The highest BCUT2D eigenvalue weighted by Crippen LogP contribution is 2.25. The molecule has 2 heterocycles. The monoisotopic (exact) mass is 372 g/mol. The summed E-state index contributed by atoms with van der Waals surface area (Å²) in [6.45, 7) is 5.01. The zero-order valence-electron chi connectivity index (χ0n) is 14.5. The van der Waals surface area contributed by atoms with Gasteiger partial charge in [-0.25, -0.2) is 0 Å². The maximum atomic E-state index is 5.67. The summed E-state index contributed by atoms with van der Waals surface area (Å²) in [7, 11) is 0. The normalized spacial score (nSPS) is 15.6. The lowest BCUT2D eigenvalue weighted by molar-refractivity contribution is 0.278. The van der Waals surface area contributed by atoms with E-state index in [2.05, 4.69) is 50.6 Å². The van der Waals surface area contributed by atoms with Gasteiger partial charge in [0.05, 0.1) is 5.69 Å². The third-order valence-corrected chi connectivity index (χ3v) is 5.51. The number of nitrogens with one attached hydrogen (secondary N) is 1. The van der Waals surface area contributed by atoms with Gasteiger partial charge in [-0.1, -0.05) is 18.2 Å². The molecule has 132 valence electrons. The molecule has 0 amide bonds. The summed E-state index contributed by atoms with van der Waals surface area (Å²) in [4.78, 5) is 10.2. The van der Waals surface area contributed by atoms with E-state index in [0.717, 1.165) is 49.9 Å². The minimum Gasteiger partial charge on any atom is -0.348 e. The number of hydrogen-bond acceptors (Lipinski definition) is 4. The fourth-order valence-corrected chi connectivity index (χ4v) is 3.87. The standard InChI is InChI=1S/C19H24N4S2/c1-25-18-8-3-2-7-17(18)21-19(24)23-11-5-10-22(12-13-23)15-16-6-4-9-20-14-16/h2-4,6-9,14H,5,10-13,15H2,1H3,(H,21,24). The van der Waals surface area contributed by atoms with E-state index in [-0.39, 0.29) is 0 Å². The van der Waals surface area contributed by atoms with Gasteiger partial charge in [-0.2, -0.15) is 0 Å². The van der Waals surface area contributed by atoms with Crippen LogP contribution in [0.15, 0.2) is 53.7 Å². The Labute approximate surface area is 159 Å². The van der Waals surface area contributed by atoms with E-state index in [0.29, 0.717) is 0 Å². The van der Waals surface area contributed by atoms with Crippen molar-refractivity contribution in [3.63, 3.8) is 0 Å². The van der Waals surface area contributed by atoms with Gasteiger partial charge in [-0.05, 0) is 48.7 Å². The van der Waals surface area contributed by atoms with Crippen LogP contribution in [-0.2, 0) is 6.54 Å². The molecule has 0 spiro atoms. The fourth-order valence-electron chi connectivity index (χ4n) is 3.02. The Morgan fingerprint density at radius 3 is 2.84 bits per heavy atom. The van der Waals surface area contributed by atoms with Crippen molar-refractivity contribution in [1.29, 1.82) is 0 Å². The first-order chi connectivity index (χ1) is 12.3. The molecule has 1 aliphatic rings. The van der Waals surface area contributed by atoms with Crippen LogP contribution in [0.5, 0.6) is 0 Å². The summed E-state index contributed by atoms with van der Waals surface area (Å²) in [6.07, 6.45) is 6.98. The fraction of sp³-hybridized carbons (Fsp3) is 0.368. The first-order valence-electron chi connectivity index (χ1n) is 8.56. The number of thiocarbonyl (C=S) groups is 1. The second kappa shape index (κ2) is 9.17. The van der Waals surface area contributed by atoms with Crippen LogP contribution >= 0.6 is 24.0 Å². The number of nitrogens with zero attached hydrogens (tertiary/aromatic N) is 3. The van der Waals surface area contributed by atoms with Crippen molar-refractivity contribution in [2.75, 3.05) is 37.8 Å². The van der Waals surface area contributed by atoms with Gasteiger partial charge < -0.3 is 10.2 Å². The molecule has 3 rings (SSSR count). The predicted octanol–water partition coefficient (Wildman–Crippen LogP) is 3.71. The largest absolute Gasteiger partial charge is 0.348 e. The van der Waals surface area contributed by atoms with Crippen LogP contribution in [0, 0.1) is 0 Å². The zero-order valence-corrected chi connectivity index (χ0v) is 16.2. The second-order valence-corrected chi connectivity index (χ2v) is 7.34. The van der Waals surface area contributed by atoms with Gasteiger partial charge in [-0.3, -0.25) is 9.88 Å². The number of anilines is 1. The van der Waals surface area contributed by atoms with Gasteiger partial charge in [0, 0.05) is 50.0 Å². The molecular formula is C19H24N4S2. The van der Waals surface area contributed by atoms with Gasteiger partial charge in [-0.15, -0.1) is 11.8 Å². The molecule has 1 saturated heterocycles. The van der Waals surface area contributed by atoms with E-state index < -0.39 is 0 Å². The molecule has 1 N–H and O–H groups in total. The molecule has 25 heavy (non-hydrogen) atoms. The minimum absolute atomic E-state index is 0.824. The lowest BCUT2D eigenvalue weighted by Gasteiger charge is -2.25. The van der Waals surface area contributed by atoms with Crippen LogP contribution < -0.4 is 5.32 Å². The first-order valence-corrected chi connectivity index (χ1v) is 10.2. The topological polar surface area (TPSA) is 31.4 Å². The van der Waals surface area contributed by atoms with Crippen molar-refractivity contribution in [1.82, 2.24) is 14.8 Å². The molecule has 1 aliphatic heterocycles. The summed E-state index contributed by atoms with van der Waals surface area (Å²) in [5.41, 5.74) is 2.36. The summed E-state index contributed by atoms with van der Waals surface area (Å²) in [6, 6.07) is 12.5. The quantitative estimate of drug-likeness (QED) is 0.650. The molecule has 0 aliphatic carbocycles. The highest BCUT2D eigenvalue weighted by molar-refractivity contribution is 7.98. The maximum absolute atomic E-state index is 5.67. The van der Waals surface area contributed by atoms with E-state index in [4.69, 9.17) is 12.2 Å².